The molecule has 1 aliphatic carbocycles. The third-order valence-corrected chi connectivity index (χ3v) is 3.67. The van der Waals surface area contributed by atoms with Gasteiger partial charge in [0, 0.05) is 6.54 Å². The predicted molar refractivity (Wildman–Crippen MR) is 70.5 cm³/mol. The molecule has 1 saturated carbocycles. The Labute approximate surface area is 112 Å². The Morgan fingerprint density at radius 3 is 2.68 bits per heavy atom. The van der Waals surface area contributed by atoms with Gasteiger partial charge in [-0.25, -0.2) is 4.98 Å². The molecule has 0 atom stereocenters. The van der Waals surface area contributed by atoms with Gasteiger partial charge in [0.25, 0.3) is 0 Å². The van der Waals surface area contributed by atoms with Crippen molar-refractivity contribution in [2.45, 2.75) is 25.7 Å². The van der Waals surface area contributed by atoms with Crippen LogP contribution in [-0.2, 0) is 4.79 Å². The Kier molecular flexibility index (Phi) is 4.35. The van der Waals surface area contributed by atoms with E-state index in [4.69, 9.17) is 10.4 Å². The van der Waals surface area contributed by atoms with Crippen molar-refractivity contribution in [2.75, 3.05) is 11.9 Å². The van der Waals surface area contributed by atoms with E-state index in [0.29, 0.717) is 11.6 Å². The first-order valence-electron chi connectivity index (χ1n) is 6.52. The molecule has 2 N–H and O–H groups in total. The van der Waals surface area contributed by atoms with Gasteiger partial charge in [-0.05, 0) is 43.7 Å². The van der Waals surface area contributed by atoms with Crippen LogP contribution in [0.1, 0.15) is 31.4 Å². The van der Waals surface area contributed by atoms with E-state index in [1.54, 1.807) is 12.3 Å². The van der Waals surface area contributed by atoms with Crippen LogP contribution in [0.2, 0.25) is 0 Å². The van der Waals surface area contributed by atoms with Gasteiger partial charge in [-0.1, -0.05) is 0 Å². The number of nitrogens with one attached hydrogen (secondary N) is 1. The van der Waals surface area contributed by atoms with Gasteiger partial charge in [0.2, 0.25) is 0 Å². The number of nitriles is 1. The fourth-order valence-corrected chi connectivity index (χ4v) is 2.44. The van der Waals surface area contributed by atoms with Gasteiger partial charge in [0.15, 0.2) is 0 Å². The maximum absolute atomic E-state index is 10.9. The van der Waals surface area contributed by atoms with Gasteiger partial charge in [0.05, 0.1) is 17.8 Å². The Morgan fingerprint density at radius 1 is 1.42 bits per heavy atom. The lowest BCUT2D eigenvalue weighted by molar-refractivity contribution is -0.143. The monoisotopic (exact) mass is 259 g/mol. The largest absolute Gasteiger partial charge is 0.481 e. The standard InChI is InChI=1S/C14H17N3O2/c15-7-12-5-6-13(9-17-12)16-8-10-1-3-11(4-2-10)14(18)19/h5-6,9-11,16H,1-4,8H2,(H,18,19). The van der Waals surface area contributed by atoms with Crippen LogP contribution in [0.15, 0.2) is 18.3 Å². The van der Waals surface area contributed by atoms with E-state index in [1.807, 2.05) is 12.1 Å². The number of hydrogen-bond donors (Lipinski definition) is 2. The highest BCUT2D eigenvalue weighted by Gasteiger charge is 2.25. The number of nitrogens with zero attached hydrogens (tertiary/aromatic N) is 2. The quantitative estimate of drug-likeness (QED) is 0.866. The molecule has 0 spiro atoms. The Balaban J connectivity index is 1.77. The molecule has 1 aliphatic rings. The summed E-state index contributed by atoms with van der Waals surface area (Å²) in [5, 5.41) is 20.9. The summed E-state index contributed by atoms with van der Waals surface area (Å²) in [7, 11) is 0. The van der Waals surface area contributed by atoms with E-state index in [1.165, 1.54) is 0 Å². The van der Waals surface area contributed by atoms with Crippen molar-refractivity contribution in [3.63, 3.8) is 0 Å². The number of carboxylic acids is 1. The Bertz CT molecular complexity index is 470. The van der Waals surface area contributed by atoms with E-state index in [2.05, 4.69) is 10.3 Å². The summed E-state index contributed by atoms with van der Waals surface area (Å²) in [6.07, 6.45) is 5.10. The third kappa shape index (κ3) is 3.68. The van der Waals surface area contributed by atoms with Crippen LogP contribution in [0, 0.1) is 23.2 Å². The molecule has 0 bridgehead atoms. The number of aromatic nitrogens is 1. The molecule has 0 unspecified atom stereocenters. The van der Waals surface area contributed by atoms with Crippen molar-refractivity contribution < 1.29 is 9.90 Å². The summed E-state index contributed by atoms with van der Waals surface area (Å²) in [6.45, 7) is 0.833. The van der Waals surface area contributed by atoms with Crippen LogP contribution in [0.25, 0.3) is 0 Å². The molecule has 0 saturated heterocycles. The van der Waals surface area contributed by atoms with Crippen LogP contribution < -0.4 is 5.32 Å². The maximum Gasteiger partial charge on any atom is 0.306 e. The van der Waals surface area contributed by atoms with Crippen molar-refractivity contribution in [2.24, 2.45) is 11.8 Å². The second-order valence-corrected chi connectivity index (χ2v) is 4.98. The minimum atomic E-state index is -0.664. The van der Waals surface area contributed by atoms with Crippen LogP contribution >= 0.6 is 0 Å². The van der Waals surface area contributed by atoms with E-state index in [9.17, 15) is 4.79 Å². The molecule has 0 aliphatic heterocycles. The molecule has 0 amide bonds. The molecule has 100 valence electrons. The molecule has 5 nitrogen and oxygen atoms in total. The lowest BCUT2D eigenvalue weighted by Gasteiger charge is -2.26. The number of pyridine rings is 1. The topological polar surface area (TPSA) is 86.0 Å². The molecule has 0 radical (unpaired) electrons. The van der Waals surface area contributed by atoms with Crippen molar-refractivity contribution in [3.8, 4) is 6.07 Å². The number of carboxylic acid groups (broad SMARTS) is 1. The Hall–Kier alpha value is -2.09. The van der Waals surface area contributed by atoms with Crippen LogP contribution in [-0.4, -0.2) is 22.6 Å². The minimum absolute atomic E-state index is 0.159. The molecule has 19 heavy (non-hydrogen) atoms. The van der Waals surface area contributed by atoms with Crippen molar-refractivity contribution >= 4 is 11.7 Å². The second kappa shape index (κ2) is 6.19. The molecule has 1 aromatic rings. The molecular formula is C14H17N3O2. The zero-order valence-corrected chi connectivity index (χ0v) is 10.7. The van der Waals surface area contributed by atoms with Gasteiger partial charge in [-0.15, -0.1) is 0 Å². The fraction of sp³-hybridized carbons (Fsp3) is 0.500. The summed E-state index contributed by atoms with van der Waals surface area (Å²) in [5.41, 5.74) is 1.31. The second-order valence-electron chi connectivity index (χ2n) is 4.98. The van der Waals surface area contributed by atoms with Gasteiger partial charge in [-0.2, -0.15) is 5.26 Å². The molecule has 0 aromatic carbocycles. The highest BCUT2D eigenvalue weighted by molar-refractivity contribution is 5.70. The van der Waals surface area contributed by atoms with Crippen LogP contribution in [0.5, 0.6) is 0 Å². The minimum Gasteiger partial charge on any atom is -0.481 e. The Morgan fingerprint density at radius 2 is 2.16 bits per heavy atom. The average molecular weight is 259 g/mol. The number of aliphatic carboxylic acids is 1. The van der Waals surface area contributed by atoms with E-state index >= 15 is 0 Å². The third-order valence-electron chi connectivity index (χ3n) is 3.67. The van der Waals surface area contributed by atoms with Crippen molar-refractivity contribution in [1.82, 2.24) is 4.98 Å². The van der Waals surface area contributed by atoms with Crippen molar-refractivity contribution in [3.05, 3.63) is 24.0 Å². The lowest BCUT2D eigenvalue weighted by atomic mass is 9.82. The predicted octanol–water partition coefficient (Wildman–Crippen LogP) is 2.26. The summed E-state index contributed by atoms with van der Waals surface area (Å²) in [4.78, 5) is 14.8. The first-order chi connectivity index (χ1) is 9.19. The number of anilines is 1. The van der Waals surface area contributed by atoms with Crippen LogP contribution in [0.3, 0.4) is 0 Å². The molecule has 1 fully saturated rings. The lowest BCUT2D eigenvalue weighted by Crippen LogP contribution is -2.25. The maximum atomic E-state index is 10.9. The number of hydrogen-bond acceptors (Lipinski definition) is 4. The summed E-state index contributed by atoms with van der Waals surface area (Å²) in [5.74, 6) is -0.304. The molecule has 1 aromatic heterocycles. The molecule has 5 heteroatoms. The molecular weight excluding hydrogens is 242 g/mol. The zero-order chi connectivity index (χ0) is 13.7. The first-order valence-corrected chi connectivity index (χ1v) is 6.52. The van der Waals surface area contributed by atoms with Gasteiger partial charge in [0.1, 0.15) is 11.8 Å². The number of carbonyl (C=O) groups is 1. The van der Waals surface area contributed by atoms with Crippen LogP contribution in [0.4, 0.5) is 5.69 Å². The summed E-state index contributed by atoms with van der Waals surface area (Å²) in [6, 6.07) is 5.51. The zero-order valence-electron chi connectivity index (χ0n) is 10.7. The summed E-state index contributed by atoms with van der Waals surface area (Å²) < 4.78 is 0. The number of rotatable bonds is 4. The van der Waals surface area contributed by atoms with Crippen molar-refractivity contribution in [1.29, 1.82) is 5.26 Å². The van der Waals surface area contributed by atoms with Gasteiger partial charge >= 0.3 is 5.97 Å². The smallest absolute Gasteiger partial charge is 0.306 e. The van der Waals surface area contributed by atoms with Gasteiger partial charge < -0.3 is 10.4 Å². The molecule has 1 heterocycles. The highest BCUT2D eigenvalue weighted by Crippen LogP contribution is 2.29. The highest BCUT2D eigenvalue weighted by atomic mass is 16.4. The van der Waals surface area contributed by atoms with E-state index < -0.39 is 5.97 Å². The summed E-state index contributed by atoms with van der Waals surface area (Å²) >= 11 is 0. The fourth-order valence-electron chi connectivity index (χ4n) is 2.44. The average Bonchev–Trinajstić information content (AvgIpc) is 2.46. The first kappa shape index (κ1) is 13.3. The van der Waals surface area contributed by atoms with Gasteiger partial charge in [-0.3, -0.25) is 4.79 Å². The molecule has 2 rings (SSSR count). The SMILES string of the molecule is N#Cc1ccc(NCC2CCC(C(=O)O)CC2)cn1. The normalized spacial score (nSPS) is 22.5. The van der Waals surface area contributed by atoms with E-state index in [-0.39, 0.29) is 5.92 Å². The van der Waals surface area contributed by atoms with E-state index in [0.717, 1.165) is 37.9 Å².